The number of amides is 1. The van der Waals surface area contributed by atoms with Gasteiger partial charge in [0.1, 0.15) is 5.82 Å². The molecule has 0 spiro atoms. The molecular weight excluding hydrogens is 306 g/mol. The number of nitrogens with zero attached hydrogens (tertiary/aromatic N) is 6. The Labute approximate surface area is 140 Å². The minimum absolute atomic E-state index is 0.177. The molecule has 0 aliphatic rings. The molecule has 0 fully saturated rings. The predicted molar refractivity (Wildman–Crippen MR) is 88.5 cm³/mol. The van der Waals surface area contributed by atoms with Crippen molar-refractivity contribution >= 4 is 11.7 Å². The topological polar surface area (TPSA) is 90.0 Å². The standard InChI is InChI=1S/C16H21N7O/c1-9(2)12(13-17-6-7-22(13)5)19-15(24)14-20-21-16-18-10(3)8-11(4)23(14)16/h6-9,12H,1-5H3,(H,19,24). The second-order valence-corrected chi connectivity index (χ2v) is 6.29. The molecule has 0 aliphatic heterocycles. The average Bonchev–Trinajstić information content (AvgIpc) is 3.10. The summed E-state index contributed by atoms with van der Waals surface area (Å²) in [5, 5.41) is 11.1. The van der Waals surface area contributed by atoms with Gasteiger partial charge in [0.25, 0.3) is 11.7 Å². The number of carbonyl (C=O) groups is 1. The van der Waals surface area contributed by atoms with Crippen molar-refractivity contribution in [2.45, 2.75) is 33.7 Å². The minimum atomic E-state index is -0.294. The Morgan fingerprint density at radius 1 is 1.25 bits per heavy atom. The number of imidazole rings is 1. The maximum atomic E-state index is 12.8. The van der Waals surface area contributed by atoms with Crippen molar-refractivity contribution in [2.24, 2.45) is 13.0 Å². The van der Waals surface area contributed by atoms with Crippen LogP contribution in [0.25, 0.3) is 5.78 Å². The van der Waals surface area contributed by atoms with Crippen molar-refractivity contribution in [3.8, 4) is 0 Å². The van der Waals surface area contributed by atoms with E-state index in [9.17, 15) is 4.79 Å². The van der Waals surface area contributed by atoms with Crippen molar-refractivity contribution < 1.29 is 4.79 Å². The summed E-state index contributed by atoms with van der Waals surface area (Å²) in [7, 11) is 1.91. The molecule has 126 valence electrons. The SMILES string of the molecule is Cc1cc(C)n2c(C(=O)NC(c3nccn3C)C(C)C)nnc2n1. The van der Waals surface area contributed by atoms with Gasteiger partial charge in [-0.15, -0.1) is 10.2 Å². The fourth-order valence-electron chi connectivity index (χ4n) is 2.79. The number of hydrogen-bond donors (Lipinski definition) is 1. The lowest BCUT2D eigenvalue weighted by Crippen LogP contribution is -2.34. The van der Waals surface area contributed by atoms with Gasteiger partial charge in [-0.05, 0) is 25.8 Å². The molecule has 0 radical (unpaired) electrons. The third kappa shape index (κ3) is 2.75. The highest BCUT2D eigenvalue weighted by Gasteiger charge is 2.25. The van der Waals surface area contributed by atoms with Crippen LogP contribution in [-0.2, 0) is 7.05 Å². The molecule has 1 N–H and O–H groups in total. The van der Waals surface area contributed by atoms with Gasteiger partial charge in [0.2, 0.25) is 5.82 Å². The molecule has 0 bridgehead atoms. The molecule has 3 heterocycles. The average molecular weight is 327 g/mol. The number of fused-ring (bicyclic) bond motifs is 1. The zero-order chi connectivity index (χ0) is 17.4. The summed E-state index contributed by atoms with van der Waals surface area (Å²) in [6, 6.07) is 1.68. The lowest BCUT2D eigenvalue weighted by atomic mass is 10.0. The fraction of sp³-hybridized carbons (Fsp3) is 0.438. The van der Waals surface area contributed by atoms with Crippen LogP contribution in [0.4, 0.5) is 0 Å². The van der Waals surface area contributed by atoms with Gasteiger partial charge in [0.05, 0.1) is 6.04 Å². The summed E-state index contributed by atoms with van der Waals surface area (Å²) < 4.78 is 3.57. The van der Waals surface area contributed by atoms with Crippen LogP contribution < -0.4 is 5.32 Å². The van der Waals surface area contributed by atoms with Gasteiger partial charge in [0, 0.05) is 30.8 Å². The molecule has 0 aliphatic carbocycles. The van der Waals surface area contributed by atoms with Gasteiger partial charge in [-0.25, -0.2) is 9.97 Å². The molecule has 0 aromatic carbocycles. The largest absolute Gasteiger partial charge is 0.339 e. The quantitative estimate of drug-likeness (QED) is 0.786. The number of aryl methyl sites for hydroxylation is 3. The molecule has 0 saturated heterocycles. The van der Waals surface area contributed by atoms with Gasteiger partial charge in [-0.3, -0.25) is 9.20 Å². The number of nitrogens with one attached hydrogen (secondary N) is 1. The molecule has 1 unspecified atom stereocenters. The Bertz CT molecular complexity index is 893. The molecule has 3 aromatic heterocycles. The fourth-order valence-corrected chi connectivity index (χ4v) is 2.79. The summed E-state index contributed by atoms with van der Waals surface area (Å²) in [5.74, 6) is 1.34. The molecule has 8 nitrogen and oxygen atoms in total. The number of rotatable bonds is 4. The van der Waals surface area contributed by atoms with Gasteiger partial charge < -0.3 is 9.88 Å². The van der Waals surface area contributed by atoms with E-state index in [1.165, 1.54) is 0 Å². The highest BCUT2D eigenvalue weighted by Crippen LogP contribution is 2.20. The number of aromatic nitrogens is 6. The van der Waals surface area contributed by atoms with E-state index in [1.807, 2.05) is 51.6 Å². The van der Waals surface area contributed by atoms with E-state index in [0.717, 1.165) is 17.2 Å². The summed E-state index contributed by atoms with van der Waals surface area (Å²) in [6.07, 6.45) is 3.58. The zero-order valence-electron chi connectivity index (χ0n) is 14.5. The number of carbonyl (C=O) groups excluding carboxylic acids is 1. The summed E-state index contributed by atoms with van der Waals surface area (Å²) in [6.45, 7) is 7.87. The Kier molecular flexibility index (Phi) is 4.04. The van der Waals surface area contributed by atoms with Crippen LogP contribution in [-0.4, -0.2) is 35.0 Å². The normalized spacial score (nSPS) is 12.8. The molecule has 8 heteroatoms. The molecule has 24 heavy (non-hydrogen) atoms. The van der Waals surface area contributed by atoms with Gasteiger partial charge in [-0.1, -0.05) is 13.8 Å². The second kappa shape index (κ2) is 6.03. The van der Waals surface area contributed by atoms with Crippen LogP contribution in [0.15, 0.2) is 18.5 Å². The maximum Gasteiger partial charge on any atom is 0.290 e. The molecule has 0 saturated carbocycles. The Hall–Kier alpha value is -2.77. The summed E-state index contributed by atoms with van der Waals surface area (Å²) in [5.41, 5.74) is 1.71. The van der Waals surface area contributed by atoms with Gasteiger partial charge >= 0.3 is 0 Å². The first-order chi connectivity index (χ1) is 11.4. The van der Waals surface area contributed by atoms with Crippen LogP contribution >= 0.6 is 0 Å². The monoisotopic (exact) mass is 327 g/mol. The smallest absolute Gasteiger partial charge is 0.290 e. The predicted octanol–water partition coefficient (Wildman–Crippen LogP) is 1.60. The van der Waals surface area contributed by atoms with Crippen molar-refractivity contribution in [1.82, 2.24) is 34.4 Å². The van der Waals surface area contributed by atoms with E-state index in [0.29, 0.717) is 5.78 Å². The first-order valence-electron chi connectivity index (χ1n) is 7.86. The van der Waals surface area contributed by atoms with Gasteiger partial charge in [-0.2, -0.15) is 0 Å². The molecule has 3 rings (SSSR count). The highest BCUT2D eigenvalue weighted by molar-refractivity contribution is 5.91. The van der Waals surface area contributed by atoms with E-state index in [1.54, 1.807) is 10.6 Å². The van der Waals surface area contributed by atoms with Crippen molar-refractivity contribution in [3.63, 3.8) is 0 Å². The van der Waals surface area contributed by atoms with Crippen LogP contribution in [0.1, 0.15) is 47.7 Å². The Morgan fingerprint density at radius 3 is 2.62 bits per heavy atom. The first-order valence-corrected chi connectivity index (χ1v) is 7.86. The molecular formula is C16H21N7O. The number of hydrogen-bond acceptors (Lipinski definition) is 5. The van der Waals surface area contributed by atoms with Gasteiger partial charge in [0.15, 0.2) is 0 Å². The summed E-state index contributed by atoms with van der Waals surface area (Å²) >= 11 is 0. The van der Waals surface area contributed by atoms with E-state index in [2.05, 4.69) is 25.5 Å². The lowest BCUT2D eigenvalue weighted by Gasteiger charge is -2.21. The Morgan fingerprint density at radius 2 is 2.00 bits per heavy atom. The van der Waals surface area contributed by atoms with Crippen molar-refractivity contribution in [1.29, 1.82) is 0 Å². The molecule has 1 amide bonds. The van der Waals surface area contributed by atoms with Crippen molar-refractivity contribution in [2.75, 3.05) is 0 Å². The minimum Gasteiger partial charge on any atom is -0.339 e. The van der Waals surface area contributed by atoms with Crippen LogP contribution in [0, 0.1) is 19.8 Å². The first kappa shape index (κ1) is 16.1. The summed E-state index contributed by atoms with van der Waals surface area (Å²) in [4.78, 5) is 21.4. The van der Waals surface area contributed by atoms with E-state index in [-0.39, 0.29) is 23.7 Å². The van der Waals surface area contributed by atoms with E-state index >= 15 is 0 Å². The Balaban J connectivity index is 1.96. The third-order valence-corrected chi connectivity index (χ3v) is 3.99. The zero-order valence-corrected chi connectivity index (χ0v) is 14.5. The van der Waals surface area contributed by atoms with Crippen LogP contribution in [0.5, 0.6) is 0 Å². The van der Waals surface area contributed by atoms with E-state index < -0.39 is 0 Å². The molecule has 1 atom stereocenters. The highest BCUT2D eigenvalue weighted by atomic mass is 16.2. The lowest BCUT2D eigenvalue weighted by molar-refractivity contribution is 0.0910. The van der Waals surface area contributed by atoms with E-state index in [4.69, 9.17) is 0 Å². The van der Waals surface area contributed by atoms with Crippen LogP contribution in [0.3, 0.4) is 0 Å². The molecule has 3 aromatic rings. The third-order valence-electron chi connectivity index (χ3n) is 3.99. The maximum absolute atomic E-state index is 12.8. The van der Waals surface area contributed by atoms with Crippen LogP contribution in [0.2, 0.25) is 0 Å². The second-order valence-electron chi connectivity index (χ2n) is 6.29. The van der Waals surface area contributed by atoms with Crippen molar-refractivity contribution in [3.05, 3.63) is 41.5 Å².